The van der Waals surface area contributed by atoms with Crippen molar-refractivity contribution in [2.24, 2.45) is 0 Å². The molecule has 0 amide bonds. The number of hydrogen-bond donors (Lipinski definition) is 0. The molecule has 0 fully saturated rings. The van der Waals surface area contributed by atoms with E-state index in [1.165, 1.54) is 0 Å². The van der Waals surface area contributed by atoms with Crippen molar-refractivity contribution in [3.8, 4) is 45.6 Å². The first-order chi connectivity index (χ1) is 13.6. The second-order valence-electron chi connectivity index (χ2n) is 6.24. The van der Waals surface area contributed by atoms with Gasteiger partial charge < -0.3 is 28.4 Å². The molecule has 150 valence electrons. The van der Waals surface area contributed by atoms with Gasteiger partial charge >= 0.3 is 0 Å². The first-order valence-electron chi connectivity index (χ1n) is 8.94. The Morgan fingerprint density at radius 2 is 0.857 bits per heavy atom. The quantitative estimate of drug-likeness (QED) is 0.698. The van der Waals surface area contributed by atoms with Crippen LogP contribution in [0.15, 0.2) is 24.3 Å². The second kappa shape index (κ2) is 8.33. The molecule has 0 heterocycles. The van der Waals surface area contributed by atoms with E-state index >= 15 is 0 Å². The number of ether oxygens (including phenoxy) is 6. The van der Waals surface area contributed by atoms with E-state index in [1.807, 2.05) is 12.1 Å². The van der Waals surface area contributed by atoms with Crippen LogP contribution in [0, 0.1) is 0 Å². The van der Waals surface area contributed by atoms with Crippen LogP contribution in [0.5, 0.6) is 34.5 Å². The molecule has 0 atom stereocenters. The van der Waals surface area contributed by atoms with Crippen molar-refractivity contribution in [3.05, 3.63) is 35.4 Å². The molecule has 6 heteroatoms. The number of rotatable bonds is 6. The Labute approximate surface area is 165 Å². The van der Waals surface area contributed by atoms with Gasteiger partial charge in [-0.3, -0.25) is 0 Å². The summed E-state index contributed by atoms with van der Waals surface area (Å²) in [5, 5.41) is 0. The molecule has 0 N–H and O–H groups in total. The van der Waals surface area contributed by atoms with E-state index in [-0.39, 0.29) is 0 Å². The van der Waals surface area contributed by atoms with Gasteiger partial charge in [-0.15, -0.1) is 0 Å². The Balaban J connectivity index is 2.49. The zero-order valence-electron chi connectivity index (χ0n) is 17.2. The molecule has 1 aliphatic carbocycles. The minimum absolute atomic E-state index is 0.538. The summed E-state index contributed by atoms with van der Waals surface area (Å²) in [6.45, 7) is 0. The smallest absolute Gasteiger partial charge is 0.203 e. The van der Waals surface area contributed by atoms with E-state index in [9.17, 15) is 0 Å². The normalized spacial score (nSPS) is 13.4. The summed E-state index contributed by atoms with van der Waals surface area (Å²) >= 11 is 0. The number of fused-ring (bicyclic) bond motifs is 3. The molecule has 0 saturated carbocycles. The maximum Gasteiger partial charge on any atom is 0.203 e. The predicted octanol–water partition coefficient (Wildman–Crippen LogP) is 4.06. The summed E-state index contributed by atoms with van der Waals surface area (Å²) in [7, 11) is 9.68. The van der Waals surface area contributed by atoms with Crippen molar-refractivity contribution >= 4 is 0 Å². The molecule has 0 bridgehead atoms. The van der Waals surface area contributed by atoms with Crippen molar-refractivity contribution in [3.63, 3.8) is 0 Å². The van der Waals surface area contributed by atoms with Gasteiger partial charge in [0.25, 0.3) is 0 Å². The largest absolute Gasteiger partial charge is 0.493 e. The summed E-state index contributed by atoms with van der Waals surface area (Å²) < 4.78 is 33.9. The lowest BCUT2D eigenvalue weighted by atomic mass is 9.87. The van der Waals surface area contributed by atoms with Gasteiger partial charge in [-0.1, -0.05) is 12.2 Å². The van der Waals surface area contributed by atoms with E-state index in [2.05, 4.69) is 12.2 Å². The molecule has 0 aliphatic heterocycles. The van der Waals surface area contributed by atoms with Gasteiger partial charge in [0, 0.05) is 11.1 Å². The summed E-state index contributed by atoms with van der Waals surface area (Å²) in [4.78, 5) is 0. The molecular weight excluding hydrogens is 360 g/mol. The minimum Gasteiger partial charge on any atom is -0.493 e. The molecule has 3 rings (SSSR count). The fourth-order valence-electron chi connectivity index (χ4n) is 3.70. The molecule has 2 aromatic carbocycles. The summed E-state index contributed by atoms with van der Waals surface area (Å²) in [5.41, 5.74) is 3.88. The van der Waals surface area contributed by atoms with E-state index in [0.29, 0.717) is 34.5 Å². The monoisotopic (exact) mass is 386 g/mol. The minimum atomic E-state index is 0.538. The average molecular weight is 386 g/mol. The zero-order chi connectivity index (χ0) is 20.3. The van der Waals surface area contributed by atoms with Crippen LogP contribution in [0.2, 0.25) is 0 Å². The van der Waals surface area contributed by atoms with Gasteiger partial charge in [0.15, 0.2) is 23.0 Å². The third-order valence-corrected chi connectivity index (χ3v) is 4.92. The van der Waals surface area contributed by atoms with Crippen LogP contribution in [-0.2, 0) is 12.8 Å². The van der Waals surface area contributed by atoms with Crippen LogP contribution in [0.3, 0.4) is 0 Å². The van der Waals surface area contributed by atoms with Gasteiger partial charge in [0.2, 0.25) is 11.5 Å². The topological polar surface area (TPSA) is 55.4 Å². The fourth-order valence-corrected chi connectivity index (χ4v) is 3.70. The van der Waals surface area contributed by atoms with Crippen LogP contribution in [-0.4, -0.2) is 42.7 Å². The summed E-state index contributed by atoms with van der Waals surface area (Å²) in [6, 6.07) is 3.96. The molecule has 1 aliphatic rings. The van der Waals surface area contributed by atoms with Crippen LogP contribution >= 0.6 is 0 Å². The number of hydrogen-bond acceptors (Lipinski definition) is 6. The van der Waals surface area contributed by atoms with Crippen molar-refractivity contribution in [1.29, 1.82) is 0 Å². The molecule has 28 heavy (non-hydrogen) atoms. The van der Waals surface area contributed by atoms with Crippen LogP contribution in [0.4, 0.5) is 0 Å². The highest BCUT2D eigenvalue weighted by Gasteiger charge is 2.29. The number of allylic oxidation sites excluding steroid dienone is 2. The first-order valence-corrected chi connectivity index (χ1v) is 8.94. The molecule has 2 aromatic rings. The van der Waals surface area contributed by atoms with Gasteiger partial charge in [-0.25, -0.2) is 0 Å². The standard InChI is InChI=1S/C22H26O6/c1-23-15-11-13-9-7-8-10-14-12-16(24-2)20(26-4)22(28-6)18(14)17(13)21(27-5)19(15)25-3/h7-8,11-12H,9-10H2,1-6H3/b8-7-. The molecule has 0 radical (unpaired) electrons. The zero-order valence-corrected chi connectivity index (χ0v) is 17.2. The number of methoxy groups -OCH3 is 6. The van der Waals surface area contributed by atoms with Gasteiger partial charge in [-0.05, 0) is 36.1 Å². The lowest BCUT2D eigenvalue weighted by Crippen LogP contribution is -2.06. The van der Waals surface area contributed by atoms with Gasteiger partial charge in [-0.2, -0.15) is 0 Å². The highest BCUT2D eigenvalue weighted by Crippen LogP contribution is 2.54. The Hall–Kier alpha value is -3.02. The SMILES string of the molecule is COc1cc2c(c(OC)c1OC)-c1c(cc(OC)c(OC)c1OC)C/C=C\C2. The molecule has 0 spiro atoms. The van der Waals surface area contributed by atoms with E-state index in [1.54, 1.807) is 42.7 Å². The van der Waals surface area contributed by atoms with E-state index < -0.39 is 0 Å². The Morgan fingerprint density at radius 3 is 1.14 bits per heavy atom. The average Bonchev–Trinajstić information content (AvgIpc) is 2.72. The van der Waals surface area contributed by atoms with Crippen LogP contribution in [0.25, 0.3) is 11.1 Å². The Kier molecular flexibility index (Phi) is 5.87. The molecule has 0 saturated heterocycles. The second-order valence-corrected chi connectivity index (χ2v) is 6.24. The Morgan fingerprint density at radius 1 is 0.500 bits per heavy atom. The van der Waals surface area contributed by atoms with Gasteiger partial charge in [0.1, 0.15) is 0 Å². The Bertz CT molecular complexity index is 827. The maximum atomic E-state index is 5.80. The molecule has 6 nitrogen and oxygen atoms in total. The highest BCUT2D eigenvalue weighted by molar-refractivity contribution is 5.88. The van der Waals surface area contributed by atoms with Crippen molar-refractivity contribution < 1.29 is 28.4 Å². The molecular formula is C22H26O6. The highest BCUT2D eigenvalue weighted by atomic mass is 16.5. The predicted molar refractivity (Wildman–Crippen MR) is 108 cm³/mol. The lowest BCUT2D eigenvalue weighted by molar-refractivity contribution is 0.321. The maximum absolute atomic E-state index is 5.80. The summed E-state index contributed by atoms with van der Waals surface area (Å²) in [6.07, 6.45) is 5.72. The molecule has 0 unspecified atom stereocenters. The lowest BCUT2D eigenvalue weighted by Gasteiger charge is -2.25. The summed E-state index contributed by atoms with van der Waals surface area (Å²) in [5.74, 6) is 3.51. The van der Waals surface area contributed by atoms with E-state index in [0.717, 1.165) is 35.1 Å². The van der Waals surface area contributed by atoms with Crippen LogP contribution in [0.1, 0.15) is 11.1 Å². The van der Waals surface area contributed by atoms with Crippen molar-refractivity contribution in [2.75, 3.05) is 42.7 Å². The fraction of sp³-hybridized carbons (Fsp3) is 0.364. The van der Waals surface area contributed by atoms with Crippen LogP contribution < -0.4 is 28.4 Å². The van der Waals surface area contributed by atoms with Crippen molar-refractivity contribution in [2.45, 2.75) is 12.8 Å². The van der Waals surface area contributed by atoms with E-state index in [4.69, 9.17) is 28.4 Å². The first kappa shape index (κ1) is 19.7. The molecule has 0 aromatic heterocycles. The van der Waals surface area contributed by atoms with Gasteiger partial charge in [0.05, 0.1) is 42.7 Å². The third kappa shape index (κ3) is 3.09. The number of benzene rings is 2. The van der Waals surface area contributed by atoms with Crippen molar-refractivity contribution in [1.82, 2.24) is 0 Å². The third-order valence-electron chi connectivity index (χ3n) is 4.92.